The molecule has 0 amide bonds. The predicted octanol–water partition coefficient (Wildman–Crippen LogP) is 4.45. The molecular formula is C14H21Cl2N3. The van der Waals surface area contributed by atoms with Crippen molar-refractivity contribution in [2.45, 2.75) is 32.6 Å². The van der Waals surface area contributed by atoms with Crippen molar-refractivity contribution in [3.63, 3.8) is 0 Å². The third-order valence-electron chi connectivity index (χ3n) is 3.57. The molecule has 19 heavy (non-hydrogen) atoms. The van der Waals surface area contributed by atoms with Gasteiger partial charge in [-0.2, -0.15) is 0 Å². The lowest BCUT2D eigenvalue weighted by Gasteiger charge is -2.31. The topological polar surface area (TPSA) is 28.2 Å². The van der Waals surface area contributed by atoms with E-state index in [0.29, 0.717) is 10.0 Å². The monoisotopic (exact) mass is 301 g/mol. The molecule has 0 atom stereocenters. The summed E-state index contributed by atoms with van der Waals surface area (Å²) >= 11 is 12.4. The first-order valence-electron chi connectivity index (χ1n) is 6.92. The van der Waals surface area contributed by atoms with Crippen molar-refractivity contribution in [2.24, 2.45) is 5.92 Å². The summed E-state index contributed by atoms with van der Waals surface area (Å²) in [6, 6.07) is 1.78. The standard InChI is InChI=1S/C14H21Cl2N3/c1-3-7-17-13-11(15)8-12(16)14(18-13)19(2)9-10-5-4-6-10/h8,10H,3-7,9H2,1-2H3,(H,17,18). The molecule has 0 radical (unpaired) electrons. The summed E-state index contributed by atoms with van der Waals surface area (Å²) in [5.74, 6) is 2.32. The maximum atomic E-state index is 6.26. The number of rotatable bonds is 6. The fourth-order valence-corrected chi connectivity index (χ4v) is 2.81. The van der Waals surface area contributed by atoms with Crippen LogP contribution in [-0.4, -0.2) is 25.1 Å². The quantitative estimate of drug-likeness (QED) is 0.841. The van der Waals surface area contributed by atoms with Crippen LogP contribution in [0.1, 0.15) is 32.6 Å². The van der Waals surface area contributed by atoms with Gasteiger partial charge in [0, 0.05) is 20.1 Å². The van der Waals surface area contributed by atoms with Gasteiger partial charge < -0.3 is 10.2 Å². The molecule has 5 heteroatoms. The molecule has 106 valence electrons. The van der Waals surface area contributed by atoms with E-state index in [-0.39, 0.29) is 0 Å². The minimum atomic E-state index is 0.583. The number of halogens is 2. The fourth-order valence-electron chi connectivity index (χ4n) is 2.24. The molecule has 1 N–H and O–H groups in total. The average Bonchev–Trinajstić information content (AvgIpc) is 2.32. The van der Waals surface area contributed by atoms with Gasteiger partial charge in [-0.3, -0.25) is 0 Å². The van der Waals surface area contributed by atoms with Crippen molar-refractivity contribution in [2.75, 3.05) is 30.4 Å². The van der Waals surface area contributed by atoms with Crippen LogP contribution in [0.3, 0.4) is 0 Å². The number of aromatic nitrogens is 1. The maximum absolute atomic E-state index is 6.26. The van der Waals surface area contributed by atoms with Gasteiger partial charge in [0.05, 0.1) is 10.0 Å². The van der Waals surface area contributed by atoms with E-state index in [0.717, 1.165) is 37.1 Å². The van der Waals surface area contributed by atoms with Gasteiger partial charge in [-0.25, -0.2) is 4.98 Å². The molecule has 1 aromatic heterocycles. The summed E-state index contributed by atoms with van der Waals surface area (Å²) in [6.07, 6.45) is 5.02. The van der Waals surface area contributed by atoms with Crippen LogP contribution in [0, 0.1) is 5.92 Å². The molecule has 1 aliphatic carbocycles. The number of nitrogens with one attached hydrogen (secondary N) is 1. The maximum Gasteiger partial charge on any atom is 0.149 e. The molecule has 0 saturated heterocycles. The Kier molecular flexibility index (Phi) is 5.17. The Morgan fingerprint density at radius 3 is 2.68 bits per heavy atom. The van der Waals surface area contributed by atoms with Crippen molar-refractivity contribution in [1.29, 1.82) is 0 Å². The Morgan fingerprint density at radius 2 is 2.11 bits per heavy atom. The predicted molar refractivity (Wildman–Crippen MR) is 83.6 cm³/mol. The van der Waals surface area contributed by atoms with E-state index in [4.69, 9.17) is 23.2 Å². The summed E-state index contributed by atoms with van der Waals surface area (Å²) in [4.78, 5) is 6.71. The Hall–Kier alpha value is -0.670. The van der Waals surface area contributed by atoms with Crippen LogP contribution < -0.4 is 10.2 Å². The van der Waals surface area contributed by atoms with Crippen molar-refractivity contribution in [3.05, 3.63) is 16.1 Å². The molecule has 2 rings (SSSR count). The van der Waals surface area contributed by atoms with Crippen LogP contribution in [0.2, 0.25) is 10.0 Å². The summed E-state index contributed by atoms with van der Waals surface area (Å²) < 4.78 is 0. The second-order valence-electron chi connectivity index (χ2n) is 5.23. The van der Waals surface area contributed by atoms with Crippen LogP contribution in [0.15, 0.2) is 6.07 Å². The molecule has 1 fully saturated rings. The Bertz CT molecular complexity index is 433. The highest BCUT2D eigenvalue weighted by Gasteiger charge is 2.21. The van der Waals surface area contributed by atoms with Crippen molar-refractivity contribution >= 4 is 34.8 Å². The second-order valence-corrected chi connectivity index (χ2v) is 6.04. The van der Waals surface area contributed by atoms with Gasteiger partial charge in [0.15, 0.2) is 0 Å². The fraction of sp³-hybridized carbons (Fsp3) is 0.643. The van der Waals surface area contributed by atoms with E-state index in [1.165, 1.54) is 19.3 Å². The second kappa shape index (κ2) is 6.67. The first-order valence-corrected chi connectivity index (χ1v) is 7.68. The highest BCUT2D eigenvalue weighted by atomic mass is 35.5. The van der Waals surface area contributed by atoms with Crippen LogP contribution >= 0.6 is 23.2 Å². The van der Waals surface area contributed by atoms with Crippen LogP contribution in [0.5, 0.6) is 0 Å². The third kappa shape index (κ3) is 3.67. The highest BCUT2D eigenvalue weighted by molar-refractivity contribution is 6.37. The van der Waals surface area contributed by atoms with Gasteiger partial charge in [0.1, 0.15) is 11.6 Å². The number of hydrogen-bond donors (Lipinski definition) is 1. The van der Waals surface area contributed by atoms with E-state index in [9.17, 15) is 0 Å². The molecule has 0 bridgehead atoms. The van der Waals surface area contributed by atoms with Crippen LogP contribution in [-0.2, 0) is 0 Å². The molecule has 3 nitrogen and oxygen atoms in total. The number of nitrogens with zero attached hydrogens (tertiary/aromatic N) is 2. The summed E-state index contributed by atoms with van der Waals surface area (Å²) in [7, 11) is 2.05. The van der Waals surface area contributed by atoms with Crippen molar-refractivity contribution in [1.82, 2.24) is 4.98 Å². The minimum Gasteiger partial charge on any atom is -0.369 e. The van der Waals surface area contributed by atoms with Gasteiger partial charge in [-0.15, -0.1) is 0 Å². The van der Waals surface area contributed by atoms with Crippen molar-refractivity contribution in [3.8, 4) is 0 Å². The van der Waals surface area contributed by atoms with E-state index in [1.54, 1.807) is 6.07 Å². The zero-order valence-corrected chi connectivity index (χ0v) is 13.1. The van der Waals surface area contributed by atoms with Gasteiger partial charge in [-0.1, -0.05) is 36.5 Å². The minimum absolute atomic E-state index is 0.583. The molecule has 1 aliphatic rings. The van der Waals surface area contributed by atoms with Crippen LogP contribution in [0.25, 0.3) is 0 Å². The highest BCUT2D eigenvalue weighted by Crippen LogP contribution is 2.33. The van der Waals surface area contributed by atoms with Gasteiger partial charge >= 0.3 is 0 Å². The van der Waals surface area contributed by atoms with E-state index >= 15 is 0 Å². The molecule has 0 aliphatic heterocycles. The zero-order valence-electron chi connectivity index (χ0n) is 11.5. The van der Waals surface area contributed by atoms with Gasteiger partial charge in [0.25, 0.3) is 0 Å². The first kappa shape index (κ1) is 14.7. The van der Waals surface area contributed by atoms with E-state index in [1.807, 2.05) is 7.05 Å². The largest absolute Gasteiger partial charge is 0.369 e. The molecule has 1 heterocycles. The number of hydrogen-bond acceptors (Lipinski definition) is 3. The van der Waals surface area contributed by atoms with Crippen LogP contribution in [0.4, 0.5) is 11.6 Å². The summed E-state index contributed by atoms with van der Waals surface area (Å²) in [5, 5.41) is 4.44. The molecular weight excluding hydrogens is 281 g/mol. The molecule has 1 aromatic rings. The van der Waals surface area contributed by atoms with E-state index < -0.39 is 0 Å². The van der Waals surface area contributed by atoms with E-state index in [2.05, 4.69) is 22.1 Å². The average molecular weight is 302 g/mol. The normalized spacial score (nSPS) is 15.2. The Labute approximate surface area is 125 Å². The zero-order chi connectivity index (χ0) is 13.8. The lowest BCUT2D eigenvalue weighted by molar-refractivity contribution is 0.321. The molecule has 0 unspecified atom stereocenters. The number of pyridine rings is 1. The number of anilines is 2. The molecule has 0 aromatic carbocycles. The van der Waals surface area contributed by atoms with Gasteiger partial charge in [0.2, 0.25) is 0 Å². The SMILES string of the molecule is CCCNc1nc(N(C)CC2CCC2)c(Cl)cc1Cl. The lowest BCUT2D eigenvalue weighted by atomic mass is 9.85. The first-order chi connectivity index (χ1) is 9.11. The summed E-state index contributed by atoms with van der Waals surface area (Å²) in [6.45, 7) is 3.99. The Morgan fingerprint density at radius 1 is 1.37 bits per heavy atom. The summed E-state index contributed by atoms with van der Waals surface area (Å²) in [5.41, 5.74) is 0. The molecule has 0 spiro atoms. The smallest absolute Gasteiger partial charge is 0.149 e. The third-order valence-corrected chi connectivity index (χ3v) is 4.14. The van der Waals surface area contributed by atoms with Gasteiger partial charge in [-0.05, 0) is 31.2 Å². The van der Waals surface area contributed by atoms with Crippen molar-refractivity contribution < 1.29 is 0 Å². The molecule has 1 saturated carbocycles. The Balaban J connectivity index is 2.12. The lowest BCUT2D eigenvalue weighted by Crippen LogP contribution is -2.30.